The summed E-state index contributed by atoms with van der Waals surface area (Å²) >= 11 is 5.14. The number of hydrogen-bond donors (Lipinski definition) is 0. The average Bonchev–Trinajstić information content (AvgIpc) is 2.66. The van der Waals surface area contributed by atoms with Crippen LogP contribution in [-0.4, -0.2) is 0 Å². The number of aryl methyl sites for hydroxylation is 2. The van der Waals surface area contributed by atoms with Crippen LogP contribution in [0.25, 0.3) is 0 Å². The van der Waals surface area contributed by atoms with Gasteiger partial charge >= 0.3 is 0 Å². The Morgan fingerprint density at radius 2 is 1.12 bits per heavy atom. The molecule has 0 aromatic carbocycles. The Balaban J connectivity index is 2.13. The fourth-order valence-corrected chi connectivity index (χ4v) is 8.91. The minimum atomic E-state index is 0.135. The maximum Gasteiger partial charge on any atom is 0.288 e. The Bertz CT molecular complexity index is 546. The smallest absolute Gasteiger partial charge is 0.265 e. The van der Waals surface area contributed by atoms with E-state index in [-0.39, 0.29) is 8.11 Å². The Morgan fingerprint density at radius 3 is 1.38 bits per heavy atom. The van der Waals surface area contributed by atoms with E-state index >= 15 is 0 Å². The third-order valence-corrected chi connectivity index (χ3v) is 9.66. The third-order valence-electron chi connectivity index (χ3n) is 1.59. The molecule has 0 aliphatic rings. The maximum absolute atomic E-state index is 11.2. The topological polar surface area (TPSA) is 34.1 Å². The highest BCUT2D eigenvalue weighted by molar-refractivity contribution is 8.77. The van der Waals surface area contributed by atoms with E-state index in [4.69, 9.17) is 0 Å². The molecule has 0 atom stereocenters. The predicted molar refractivity (Wildman–Crippen MR) is 78.1 cm³/mol. The first kappa shape index (κ1) is 12.8. The Morgan fingerprint density at radius 1 is 0.750 bits per heavy atom. The van der Waals surface area contributed by atoms with Gasteiger partial charge in [-0.05, 0) is 35.4 Å². The van der Waals surface area contributed by atoms with Crippen molar-refractivity contribution in [2.75, 3.05) is 0 Å². The lowest BCUT2D eigenvalue weighted by Crippen LogP contribution is -1.73. The van der Waals surface area contributed by atoms with Crippen molar-refractivity contribution in [3.8, 4) is 0 Å². The predicted octanol–water partition coefficient (Wildman–Crippen LogP) is 4.07. The summed E-state index contributed by atoms with van der Waals surface area (Å²) in [5, 5.41) is 0. The molecule has 0 unspecified atom stereocenters. The summed E-state index contributed by atoms with van der Waals surface area (Å²) in [5.74, 6) is 0. The second-order valence-corrected chi connectivity index (χ2v) is 10.3. The fraction of sp³-hybridized carbons (Fsp3) is 0.250. The molecule has 2 aromatic rings. The molecule has 0 N–H and O–H groups in total. The highest BCUT2D eigenvalue weighted by atomic mass is 33.1. The Hall–Kier alpha value is 0.400. The second-order valence-electron chi connectivity index (χ2n) is 2.76. The summed E-state index contributed by atoms with van der Waals surface area (Å²) in [4.78, 5) is 24.5. The van der Waals surface area contributed by atoms with Crippen molar-refractivity contribution in [2.24, 2.45) is 0 Å². The Labute approximate surface area is 116 Å². The van der Waals surface area contributed by atoms with Crippen molar-refractivity contribution in [1.29, 1.82) is 0 Å². The van der Waals surface area contributed by atoms with Crippen LogP contribution in [0.3, 0.4) is 0 Å². The zero-order valence-electron chi connectivity index (χ0n) is 8.27. The first-order chi connectivity index (χ1) is 7.56. The molecule has 8 heteroatoms. The van der Waals surface area contributed by atoms with Gasteiger partial charge in [0.05, 0.1) is 8.42 Å². The molecule has 16 heavy (non-hydrogen) atoms. The normalized spacial score (nSPS) is 10.9. The molecule has 2 nitrogen and oxygen atoms in total. The molecular weight excluding hydrogens is 320 g/mol. The monoisotopic (exact) mass is 326 g/mol. The quantitative estimate of drug-likeness (QED) is 0.796. The lowest BCUT2D eigenvalue weighted by Gasteiger charge is -1.96. The van der Waals surface area contributed by atoms with E-state index in [9.17, 15) is 9.59 Å². The summed E-state index contributed by atoms with van der Waals surface area (Å²) in [7, 11) is 3.14. The van der Waals surface area contributed by atoms with Crippen molar-refractivity contribution in [2.45, 2.75) is 22.3 Å². The zero-order chi connectivity index (χ0) is 11.7. The van der Waals surface area contributed by atoms with Gasteiger partial charge in [-0.1, -0.05) is 45.3 Å². The molecule has 0 amide bonds. The largest absolute Gasteiger partial charge is 0.288 e. The van der Waals surface area contributed by atoms with Gasteiger partial charge in [0, 0.05) is 9.75 Å². The van der Waals surface area contributed by atoms with E-state index in [2.05, 4.69) is 0 Å². The van der Waals surface area contributed by atoms with Crippen LogP contribution in [0.15, 0.2) is 18.0 Å². The molecule has 0 saturated carbocycles. The fourth-order valence-electron chi connectivity index (χ4n) is 0.897. The van der Waals surface area contributed by atoms with Gasteiger partial charge in [-0.25, -0.2) is 0 Å². The van der Waals surface area contributed by atoms with Crippen molar-refractivity contribution in [1.82, 2.24) is 0 Å². The third kappa shape index (κ3) is 2.99. The minimum Gasteiger partial charge on any atom is -0.265 e. The summed E-state index contributed by atoms with van der Waals surface area (Å²) in [6.45, 7) is 3.91. The summed E-state index contributed by atoms with van der Waals surface area (Å²) in [6.07, 6.45) is 0. The Kier molecular flexibility index (Phi) is 4.31. The van der Waals surface area contributed by atoms with E-state index in [0.717, 1.165) is 18.2 Å². The van der Waals surface area contributed by atoms with Crippen LogP contribution < -0.4 is 8.11 Å². The van der Waals surface area contributed by atoms with Crippen molar-refractivity contribution in [3.63, 3.8) is 0 Å². The van der Waals surface area contributed by atoms with Gasteiger partial charge in [-0.15, -0.1) is 0 Å². The number of rotatable bonds is 3. The molecule has 0 radical (unpaired) electrons. The van der Waals surface area contributed by atoms with E-state index in [0.29, 0.717) is 0 Å². The number of hydrogen-bond acceptors (Lipinski definition) is 8. The van der Waals surface area contributed by atoms with Crippen LogP contribution in [0.4, 0.5) is 0 Å². The van der Waals surface area contributed by atoms with Crippen LogP contribution in [0.5, 0.6) is 0 Å². The molecule has 0 spiro atoms. The summed E-state index contributed by atoms with van der Waals surface area (Å²) < 4.78 is 2.36. The van der Waals surface area contributed by atoms with Crippen LogP contribution in [0.1, 0.15) is 9.75 Å². The van der Waals surface area contributed by atoms with Crippen LogP contribution in [-0.2, 0) is 0 Å². The molecule has 0 bridgehead atoms. The summed E-state index contributed by atoms with van der Waals surface area (Å²) in [6, 6.07) is 0. The van der Waals surface area contributed by atoms with Crippen molar-refractivity contribution in [3.05, 3.63) is 27.5 Å². The van der Waals surface area contributed by atoms with Gasteiger partial charge in [0.15, 0.2) is 0 Å². The first-order valence-corrected chi connectivity index (χ1v) is 9.53. The van der Waals surface area contributed by atoms with Gasteiger partial charge in [-0.2, -0.15) is 0 Å². The van der Waals surface area contributed by atoms with E-state index in [1.165, 1.54) is 45.3 Å². The average molecular weight is 327 g/mol. The van der Waals surface area contributed by atoms with E-state index < -0.39 is 0 Å². The summed E-state index contributed by atoms with van der Waals surface area (Å²) in [5.41, 5.74) is 0. The van der Waals surface area contributed by atoms with E-state index in [1.54, 1.807) is 21.6 Å². The SMILES string of the molecule is Cc1sc(=O)sc1SSc1sc(=O)sc1C. The second kappa shape index (κ2) is 5.36. The molecule has 2 aromatic heterocycles. The molecule has 86 valence electrons. The van der Waals surface area contributed by atoms with Gasteiger partial charge in [0.2, 0.25) is 0 Å². The first-order valence-electron chi connectivity index (χ1n) is 4.12. The van der Waals surface area contributed by atoms with Crippen molar-refractivity contribution >= 4 is 66.9 Å². The lowest BCUT2D eigenvalue weighted by molar-refractivity contribution is 1.52. The highest BCUT2D eigenvalue weighted by Gasteiger charge is 2.10. The van der Waals surface area contributed by atoms with Gasteiger partial charge in [-0.3, -0.25) is 9.59 Å². The lowest BCUT2D eigenvalue weighted by atomic mass is 10.7. The van der Waals surface area contributed by atoms with Gasteiger partial charge in [0.1, 0.15) is 0 Å². The molecule has 0 saturated heterocycles. The van der Waals surface area contributed by atoms with Gasteiger partial charge in [0.25, 0.3) is 8.11 Å². The maximum atomic E-state index is 11.2. The van der Waals surface area contributed by atoms with E-state index in [1.807, 2.05) is 13.8 Å². The molecule has 0 aliphatic carbocycles. The molecule has 2 rings (SSSR count). The molecule has 0 aliphatic heterocycles. The van der Waals surface area contributed by atoms with Crippen LogP contribution in [0, 0.1) is 13.8 Å². The van der Waals surface area contributed by atoms with Crippen LogP contribution >= 0.6 is 66.9 Å². The molecule has 0 fully saturated rings. The van der Waals surface area contributed by atoms with Crippen LogP contribution in [0.2, 0.25) is 0 Å². The zero-order valence-corrected chi connectivity index (χ0v) is 13.2. The highest BCUT2D eigenvalue weighted by Crippen LogP contribution is 2.44. The standard InChI is InChI=1S/C8H6O2S6/c1-3-5(13-7(9)11-3)15-16-6-4(2)12-8(10)14-6/h1-2H3. The van der Waals surface area contributed by atoms with Gasteiger partial charge < -0.3 is 0 Å². The molecule has 2 heterocycles. The molecular formula is C8H6O2S6. The minimum absolute atomic E-state index is 0.135. The van der Waals surface area contributed by atoms with Crippen molar-refractivity contribution < 1.29 is 0 Å².